The Bertz CT molecular complexity index is 144. The maximum atomic E-state index is 2.62. The fourth-order valence-electron chi connectivity index (χ4n) is 2.26. The van der Waals surface area contributed by atoms with Crippen LogP contribution in [0.1, 0.15) is 25.7 Å². The molecule has 2 radical (unpaired) electrons. The number of hydrogen-bond donors (Lipinski definition) is 0. The van der Waals surface area contributed by atoms with Gasteiger partial charge in [-0.05, 0) is 65.3 Å². The molecule has 0 spiro atoms. The first kappa shape index (κ1) is 9.47. The molecular weight excluding hydrogens is 160 g/mol. The first-order valence-corrected chi connectivity index (χ1v) is 5.46. The number of nitrogens with zero attached hydrogens (tertiary/aromatic N) is 2. The molecule has 74 valence electrons. The van der Waals surface area contributed by atoms with Gasteiger partial charge in [0, 0.05) is 6.04 Å². The van der Waals surface area contributed by atoms with E-state index in [0.717, 1.165) is 0 Å². The van der Waals surface area contributed by atoms with Crippen LogP contribution in [0.15, 0.2) is 0 Å². The molecule has 0 amide bonds. The molecule has 0 saturated carbocycles. The van der Waals surface area contributed by atoms with Crippen LogP contribution in [0.5, 0.6) is 0 Å². The molecule has 2 heterocycles. The van der Waals surface area contributed by atoms with Gasteiger partial charge in [0.25, 0.3) is 0 Å². The summed E-state index contributed by atoms with van der Waals surface area (Å²) in [6.45, 7) is 5.07. The summed E-state index contributed by atoms with van der Waals surface area (Å²) in [6, 6.07) is 1.71. The van der Waals surface area contributed by atoms with Crippen molar-refractivity contribution < 1.29 is 0 Å². The van der Waals surface area contributed by atoms with Crippen LogP contribution in [0.4, 0.5) is 0 Å². The van der Waals surface area contributed by atoms with E-state index >= 15 is 0 Å². The fraction of sp³-hybridized carbons (Fsp3) is 0.818. The zero-order valence-electron chi connectivity index (χ0n) is 8.63. The lowest BCUT2D eigenvalue weighted by molar-refractivity contribution is 0.181. The third-order valence-electron chi connectivity index (χ3n) is 3.22. The molecule has 0 unspecified atom stereocenters. The van der Waals surface area contributed by atoms with E-state index in [1.807, 2.05) is 0 Å². The quantitative estimate of drug-likeness (QED) is 0.604. The van der Waals surface area contributed by atoms with Crippen LogP contribution in [0, 0.1) is 12.5 Å². The van der Waals surface area contributed by atoms with Gasteiger partial charge in [-0.25, -0.2) is 0 Å². The molecule has 2 fully saturated rings. The van der Waals surface area contributed by atoms with E-state index in [4.69, 9.17) is 0 Å². The Hall–Kier alpha value is -0.0800. The topological polar surface area (TPSA) is 6.48 Å². The maximum absolute atomic E-state index is 2.62. The van der Waals surface area contributed by atoms with Gasteiger partial charge in [0.15, 0.2) is 0 Å². The summed E-state index contributed by atoms with van der Waals surface area (Å²) < 4.78 is 0. The van der Waals surface area contributed by atoms with Gasteiger partial charge in [0.2, 0.25) is 0 Å². The Morgan fingerprint density at radius 2 is 1.62 bits per heavy atom. The highest BCUT2D eigenvalue weighted by atomic mass is 15.2. The van der Waals surface area contributed by atoms with Crippen molar-refractivity contribution >= 4 is 0 Å². The van der Waals surface area contributed by atoms with Crippen molar-refractivity contribution in [2.45, 2.75) is 25.7 Å². The van der Waals surface area contributed by atoms with Gasteiger partial charge in [-0.2, -0.15) is 0 Å². The Morgan fingerprint density at radius 1 is 1.00 bits per heavy atom. The van der Waals surface area contributed by atoms with Crippen LogP contribution in [0.3, 0.4) is 0 Å². The van der Waals surface area contributed by atoms with Crippen molar-refractivity contribution in [3.05, 3.63) is 12.5 Å². The van der Waals surface area contributed by atoms with Gasteiger partial charge < -0.3 is 4.90 Å². The van der Waals surface area contributed by atoms with Crippen LogP contribution in [-0.2, 0) is 0 Å². The lowest BCUT2D eigenvalue weighted by atomic mass is 10.0. The highest BCUT2D eigenvalue weighted by molar-refractivity contribution is 4.96. The van der Waals surface area contributed by atoms with Crippen LogP contribution < -0.4 is 0 Å². The molecule has 2 heteroatoms. The van der Waals surface area contributed by atoms with Crippen molar-refractivity contribution in [2.75, 3.05) is 33.2 Å². The van der Waals surface area contributed by atoms with Gasteiger partial charge in [-0.3, -0.25) is 4.90 Å². The highest BCUT2D eigenvalue weighted by Crippen LogP contribution is 2.25. The van der Waals surface area contributed by atoms with Crippen LogP contribution in [0.2, 0.25) is 0 Å². The second-order valence-electron chi connectivity index (χ2n) is 4.22. The minimum Gasteiger partial charge on any atom is -0.306 e. The number of rotatable bonds is 1. The van der Waals surface area contributed by atoms with Crippen molar-refractivity contribution in [1.29, 1.82) is 0 Å². The molecule has 2 aliphatic rings. The highest BCUT2D eigenvalue weighted by Gasteiger charge is 2.24. The molecule has 0 atom stereocenters. The molecular formula is C11H20N2. The molecule has 0 N–H and O–H groups in total. The average Bonchev–Trinajstić information content (AvgIpc) is 2.20. The molecule has 0 aromatic heterocycles. The van der Waals surface area contributed by atoms with Crippen LogP contribution in [-0.4, -0.2) is 43.0 Å². The van der Waals surface area contributed by atoms with Crippen molar-refractivity contribution in [1.82, 2.24) is 9.80 Å². The van der Waals surface area contributed by atoms with Gasteiger partial charge in [-0.1, -0.05) is 0 Å². The van der Waals surface area contributed by atoms with E-state index in [9.17, 15) is 0 Å². The van der Waals surface area contributed by atoms with Gasteiger partial charge in [0.1, 0.15) is 0 Å². The molecule has 0 aromatic carbocycles. The number of hydrogen-bond acceptors (Lipinski definition) is 2. The van der Waals surface area contributed by atoms with Crippen molar-refractivity contribution in [3.8, 4) is 0 Å². The smallest absolute Gasteiger partial charge is 0.0418 e. The summed E-state index contributed by atoms with van der Waals surface area (Å²) in [5.41, 5.74) is 0. The van der Waals surface area contributed by atoms with E-state index in [-0.39, 0.29) is 0 Å². The van der Waals surface area contributed by atoms with E-state index in [1.165, 1.54) is 51.9 Å². The Labute approximate surface area is 81.9 Å². The van der Waals surface area contributed by atoms with Gasteiger partial charge in [0.05, 0.1) is 0 Å². The third-order valence-corrected chi connectivity index (χ3v) is 3.22. The van der Waals surface area contributed by atoms with Gasteiger partial charge in [-0.15, -0.1) is 0 Å². The zero-order chi connectivity index (χ0) is 9.10. The first-order valence-electron chi connectivity index (χ1n) is 5.46. The summed E-state index contributed by atoms with van der Waals surface area (Å²) >= 11 is 0. The normalized spacial score (nSPS) is 29.3. The lowest BCUT2D eigenvalue weighted by Crippen LogP contribution is -2.40. The number of piperidine rings is 2. The molecule has 0 bridgehead atoms. The summed E-state index contributed by atoms with van der Waals surface area (Å²) in [4.78, 5) is 5.05. The zero-order valence-corrected chi connectivity index (χ0v) is 8.63. The molecule has 0 aromatic rings. The predicted octanol–water partition coefficient (Wildman–Crippen LogP) is 1.54. The fourth-order valence-corrected chi connectivity index (χ4v) is 2.26. The Kier molecular flexibility index (Phi) is 3.23. The summed E-state index contributed by atoms with van der Waals surface area (Å²) in [5.74, 6) is 0. The van der Waals surface area contributed by atoms with Crippen LogP contribution >= 0.6 is 0 Å². The molecule has 2 saturated heterocycles. The third kappa shape index (κ3) is 2.44. The van der Waals surface area contributed by atoms with Crippen molar-refractivity contribution in [3.63, 3.8) is 0 Å². The first-order chi connectivity index (χ1) is 6.36. The Morgan fingerprint density at radius 3 is 2.23 bits per heavy atom. The minimum absolute atomic E-state index is 1.26. The lowest BCUT2D eigenvalue weighted by Gasteiger charge is -2.38. The molecule has 0 aliphatic carbocycles. The summed E-state index contributed by atoms with van der Waals surface area (Å²) in [7, 11) is 2.22. The van der Waals surface area contributed by atoms with E-state index in [0.29, 0.717) is 0 Å². The molecule has 2 aliphatic heterocycles. The molecule has 13 heavy (non-hydrogen) atoms. The standard InChI is InChI=1S/C11H20N2/c1-12-9-5-11(6-10-12)13-7-3-2-4-8-13/h2H,3-10H2,1H3. The van der Waals surface area contributed by atoms with Crippen molar-refractivity contribution in [2.24, 2.45) is 0 Å². The summed E-state index contributed by atoms with van der Waals surface area (Å²) in [6.07, 6.45) is 7.61. The minimum atomic E-state index is 1.26. The SMILES string of the molecule is CN1CC[C](N2CC[CH]CC2)CC1. The number of likely N-dealkylation sites (tertiary alicyclic amines) is 2. The molecule has 2 nitrogen and oxygen atoms in total. The monoisotopic (exact) mass is 180 g/mol. The predicted molar refractivity (Wildman–Crippen MR) is 55.1 cm³/mol. The summed E-state index contributed by atoms with van der Waals surface area (Å²) in [5, 5.41) is 0. The maximum Gasteiger partial charge on any atom is 0.0418 e. The Balaban J connectivity index is 1.79. The van der Waals surface area contributed by atoms with Crippen LogP contribution in [0.25, 0.3) is 0 Å². The second-order valence-corrected chi connectivity index (χ2v) is 4.22. The van der Waals surface area contributed by atoms with E-state index in [2.05, 4.69) is 23.3 Å². The van der Waals surface area contributed by atoms with E-state index in [1.54, 1.807) is 6.04 Å². The average molecular weight is 180 g/mol. The van der Waals surface area contributed by atoms with Gasteiger partial charge >= 0.3 is 0 Å². The second kappa shape index (κ2) is 4.43. The molecule has 2 rings (SSSR count). The largest absolute Gasteiger partial charge is 0.306 e. The van der Waals surface area contributed by atoms with E-state index < -0.39 is 0 Å².